The monoisotopic (exact) mass is 471 g/mol. The average molecular weight is 472 g/mol. The number of methoxy groups -OCH3 is 1. The first-order chi connectivity index (χ1) is 16.2. The lowest BCUT2D eigenvalue weighted by molar-refractivity contribution is -0.146. The summed E-state index contributed by atoms with van der Waals surface area (Å²) < 4.78 is 11.9. The van der Waals surface area contributed by atoms with Gasteiger partial charge < -0.3 is 19.7 Å². The molecule has 2 bridgehead atoms. The molecule has 1 N–H and O–H groups in total. The summed E-state index contributed by atoms with van der Waals surface area (Å²) >= 11 is 0. The van der Waals surface area contributed by atoms with Gasteiger partial charge in [0.15, 0.2) is 6.04 Å². The largest absolute Gasteiger partial charge is 0.467 e. The molecule has 3 heterocycles. The van der Waals surface area contributed by atoms with Crippen molar-refractivity contribution in [1.82, 2.24) is 25.1 Å². The minimum atomic E-state index is -0.960. The van der Waals surface area contributed by atoms with Gasteiger partial charge >= 0.3 is 18.1 Å². The lowest BCUT2D eigenvalue weighted by Crippen LogP contribution is -2.40. The predicted octanol–water partition coefficient (Wildman–Crippen LogP) is 2.55. The Kier molecular flexibility index (Phi) is 6.47. The Hall–Kier alpha value is -3.60. The van der Waals surface area contributed by atoms with Crippen LogP contribution in [0.25, 0.3) is 0 Å². The summed E-state index contributed by atoms with van der Waals surface area (Å²) in [7, 11) is 1.28. The topological polar surface area (TPSA) is 115 Å². The number of amides is 3. The van der Waals surface area contributed by atoms with Crippen LogP contribution in [0.3, 0.4) is 0 Å². The number of alkyl carbamates (subject to hydrolysis) is 1. The summed E-state index contributed by atoms with van der Waals surface area (Å²) in [6.07, 6.45) is 1.09. The third-order valence-corrected chi connectivity index (χ3v) is 5.56. The zero-order valence-electron chi connectivity index (χ0n) is 19.7. The Balaban J connectivity index is 1.53. The minimum Gasteiger partial charge on any atom is -0.467 e. The molecule has 0 saturated carbocycles. The number of nitrogens with one attached hydrogen (secondary N) is 1. The second-order valence-corrected chi connectivity index (χ2v) is 9.10. The fourth-order valence-corrected chi connectivity index (χ4v) is 4.12. The summed E-state index contributed by atoms with van der Waals surface area (Å²) in [6, 6.07) is 7.73. The van der Waals surface area contributed by atoms with Crippen LogP contribution >= 0.6 is 0 Å². The summed E-state index contributed by atoms with van der Waals surface area (Å²) in [5, 5.41) is 8.42. The van der Waals surface area contributed by atoms with E-state index >= 15 is 0 Å². The summed E-state index contributed by atoms with van der Waals surface area (Å²) in [4.78, 5) is 45.2. The van der Waals surface area contributed by atoms with Crippen LogP contribution in [0.1, 0.15) is 49.7 Å². The number of ether oxygens (including phenoxy) is 2. The van der Waals surface area contributed by atoms with E-state index in [4.69, 9.17) is 14.3 Å². The van der Waals surface area contributed by atoms with Crippen molar-refractivity contribution >= 4 is 18.1 Å². The van der Waals surface area contributed by atoms with E-state index in [9.17, 15) is 14.4 Å². The standard InChI is InChI=1S/C23H29N5O6/c1-23(2,3)34-21(30)24-10-11-27-18-16(12-25-27)17-13-26(19(18)20(29)32-4)22(31)28(17)33-14-15-8-6-5-7-9-15/h5-9,12,17,19H,10-11,13-14H2,1-4H3,(H,24,30)/t17-,19?/m1/s1. The normalized spacial score (nSPS) is 19.1. The van der Waals surface area contributed by atoms with Crippen LogP contribution in [-0.4, -0.2) is 63.6 Å². The number of urea groups is 1. The summed E-state index contributed by atoms with van der Waals surface area (Å²) in [5.74, 6) is -0.570. The summed E-state index contributed by atoms with van der Waals surface area (Å²) in [5.41, 5.74) is 1.57. The Labute approximate surface area is 197 Å². The van der Waals surface area contributed by atoms with Crippen LogP contribution < -0.4 is 5.32 Å². The molecule has 11 heteroatoms. The number of benzene rings is 1. The first-order valence-electron chi connectivity index (χ1n) is 11.1. The Morgan fingerprint density at radius 2 is 1.94 bits per heavy atom. The van der Waals surface area contributed by atoms with Crippen molar-refractivity contribution in [3.8, 4) is 0 Å². The molecule has 1 aromatic heterocycles. The third kappa shape index (κ3) is 4.69. The zero-order valence-corrected chi connectivity index (χ0v) is 19.7. The Morgan fingerprint density at radius 1 is 1.21 bits per heavy atom. The number of fused-ring (bicyclic) bond motifs is 4. The number of hydrogen-bond acceptors (Lipinski definition) is 7. The molecular formula is C23H29N5O6. The maximum absolute atomic E-state index is 13.2. The highest BCUT2D eigenvalue weighted by molar-refractivity contribution is 5.87. The van der Waals surface area contributed by atoms with Gasteiger partial charge in [0.2, 0.25) is 0 Å². The molecule has 1 aromatic carbocycles. The second-order valence-electron chi connectivity index (χ2n) is 9.10. The van der Waals surface area contributed by atoms with Gasteiger partial charge in [-0.1, -0.05) is 30.3 Å². The molecule has 0 spiro atoms. The van der Waals surface area contributed by atoms with E-state index in [1.54, 1.807) is 31.6 Å². The van der Waals surface area contributed by atoms with Gasteiger partial charge in [-0.3, -0.25) is 9.52 Å². The molecule has 11 nitrogen and oxygen atoms in total. The van der Waals surface area contributed by atoms with Crippen LogP contribution in [0.2, 0.25) is 0 Å². The molecule has 1 saturated heterocycles. The molecule has 2 aliphatic rings. The lowest BCUT2D eigenvalue weighted by Gasteiger charge is -2.29. The van der Waals surface area contributed by atoms with Crippen LogP contribution in [0, 0.1) is 0 Å². The zero-order chi connectivity index (χ0) is 24.5. The fourth-order valence-electron chi connectivity index (χ4n) is 4.12. The van der Waals surface area contributed by atoms with E-state index in [1.165, 1.54) is 17.1 Å². The number of hydrogen-bond donors (Lipinski definition) is 1. The number of nitrogens with zero attached hydrogens (tertiary/aromatic N) is 4. The number of rotatable bonds is 7. The van der Waals surface area contributed by atoms with Crippen molar-refractivity contribution in [2.45, 2.75) is 51.6 Å². The summed E-state index contributed by atoms with van der Waals surface area (Å²) in [6.45, 7) is 6.34. The lowest BCUT2D eigenvalue weighted by atomic mass is 9.98. The van der Waals surface area contributed by atoms with Gasteiger partial charge in [-0.2, -0.15) is 10.2 Å². The molecule has 182 valence electrons. The maximum atomic E-state index is 13.2. The second kappa shape index (κ2) is 9.34. The van der Waals surface area contributed by atoms with Gasteiger partial charge in [0, 0.05) is 12.1 Å². The molecule has 2 atom stereocenters. The Morgan fingerprint density at radius 3 is 2.62 bits per heavy atom. The molecule has 0 aliphatic carbocycles. The molecule has 1 unspecified atom stereocenters. The quantitative estimate of drug-likeness (QED) is 0.617. The number of aromatic nitrogens is 2. The molecule has 0 radical (unpaired) electrons. The van der Waals surface area contributed by atoms with Gasteiger partial charge in [0.25, 0.3) is 0 Å². The van der Waals surface area contributed by atoms with E-state index in [0.29, 0.717) is 11.3 Å². The van der Waals surface area contributed by atoms with Crippen LogP contribution in [0.5, 0.6) is 0 Å². The number of esters is 1. The number of hydroxylamine groups is 2. The van der Waals surface area contributed by atoms with Crippen LogP contribution in [0.15, 0.2) is 36.5 Å². The molecule has 3 amide bonds. The predicted molar refractivity (Wildman–Crippen MR) is 119 cm³/mol. The maximum Gasteiger partial charge on any atom is 0.407 e. The fraction of sp³-hybridized carbons (Fsp3) is 0.478. The Bertz CT molecular complexity index is 1060. The number of carbonyl (C=O) groups excluding carboxylic acids is 3. The highest BCUT2D eigenvalue weighted by Gasteiger charge is 2.53. The van der Waals surface area contributed by atoms with Crippen molar-refractivity contribution in [3.05, 3.63) is 53.3 Å². The van der Waals surface area contributed by atoms with Gasteiger partial charge in [0.05, 0.1) is 32.1 Å². The molecule has 34 heavy (non-hydrogen) atoms. The SMILES string of the molecule is COC(=O)C1c2c(cnn2CCNC(=O)OC(C)(C)C)[C@H]2CN1C(=O)N2OCc1ccccc1. The van der Waals surface area contributed by atoms with E-state index < -0.39 is 35.8 Å². The van der Waals surface area contributed by atoms with Crippen LogP contribution in [-0.2, 0) is 32.3 Å². The molecule has 1 fully saturated rings. The smallest absolute Gasteiger partial charge is 0.407 e. The van der Waals surface area contributed by atoms with Crippen molar-refractivity contribution in [2.75, 3.05) is 20.2 Å². The number of carbonyl (C=O) groups is 3. The minimum absolute atomic E-state index is 0.211. The van der Waals surface area contributed by atoms with Crippen molar-refractivity contribution in [1.29, 1.82) is 0 Å². The van der Waals surface area contributed by atoms with Crippen molar-refractivity contribution < 1.29 is 28.7 Å². The average Bonchev–Trinajstić information content (AvgIpc) is 3.32. The van der Waals surface area contributed by atoms with Gasteiger partial charge in [-0.25, -0.2) is 14.4 Å². The molecular weight excluding hydrogens is 442 g/mol. The van der Waals surface area contributed by atoms with Crippen molar-refractivity contribution in [2.24, 2.45) is 0 Å². The van der Waals surface area contributed by atoms with E-state index in [2.05, 4.69) is 10.4 Å². The van der Waals surface area contributed by atoms with Gasteiger partial charge in [0.1, 0.15) is 18.2 Å². The molecule has 2 aromatic rings. The van der Waals surface area contributed by atoms with E-state index in [1.807, 2.05) is 30.3 Å². The van der Waals surface area contributed by atoms with E-state index in [0.717, 1.165) is 5.56 Å². The first-order valence-corrected chi connectivity index (χ1v) is 11.1. The molecule has 4 rings (SSSR count). The van der Waals surface area contributed by atoms with Crippen LogP contribution in [0.4, 0.5) is 9.59 Å². The third-order valence-electron chi connectivity index (χ3n) is 5.56. The first kappa shape index (κ1) is 23.6. The highest BCUT2D eigenvalue weighted by Crippen LogP contribution is 2.44. The highest BCUT2D eigenvalue weighted by atomic mass is 16.7. The van der Waals surface area contributed by atoms with Gasteiger partial charge in [-0.15, -0.1) is 0 Å². The molecule has 2 aliphatic heterocycles. The van der Waals surface area contributed by atoms with E-state index in [-0.39, 0.29) is 26.2 Å². The van der Waals surface area contributed by atoms with Crippen molar-refractivity contribution in [3.63, 3.8) is 0 Å². The van der Waals surface area contributed by atoms with Gasteiger partial charge in [-0.05, 0) is 26.3 Å².